The minimum atomic E-state index is -1.73. The average molecular weight is 765 g/mol. The molecule has 0 aliphatic carbocycles. The lowest BCUT2D eigenvalue weighted by atomic mass is 9.92. The van der Waals surface area contributed by atoms with E-state index in [0.29, 0.717) is 11.5 Å². The molecule has 270 valence electrons. The molecule has 10 rings (SSSR count). The SMILES string of the molecule is c1ccc(OP(Oc2ccc3ccccc3c2-c2c(OP(Oc3ccccc3)n3ccc4ccccc43)ccc3ccccc23)n2ccc3ccccc32)cc1. The zero-order valence-corrected chi connectivity index (χ0v) is 31.8. The van der Waals surface area contributed by atoms with E-state index >= 15 is 0 Å². The van der Waals surface area contributed by atoms with Crippen LogP contribution in [-0.4, -0.2) is 8.68 Å². The Morgan fingerprint density at radius 1 is 0.304 bits per heavy atom. The molecule has 0 spiro atoms. The van der Waals surface area contributed by atoms with Crippen molar-refractivity contribution in [2.45, 2.75) is 0 Å². The fourth-order valence-electron chi connectivity index (χ4n) is 7.12. The molecule has 8 heteroatoms. The number of para-hydroxylation sites is 4. The molecule has 0 aliphatic rings. The van der Waals surface area contributed by atoms with Crippen LogP contribution in [0.4, 0.5) is 0 Å². The van der Waals surface area contributed by atoms with Gasteiger partial charge < -0.3 is 18.1 Å². The Balaban J connectivity index is 1.17. The lowest BCUT2D eigenvalue weighted by Crippen LogP contribution is -2.06. The molecule has 0 fully saturated rings. The maximum atomic E-state index is 7.22. The van der Waals surface area contributed by atoms with Gasteiger partial charge in [0.25, 0.3) is 0 Å². The summed E-state index contributed by atoms with van der Waals surface area (Å²) >= 11 is 0. The minimum Gasteiger partial charge on any atom is -0.423 e. The minimum absolute atomic E-state index is 0.671. The van der Waals surface area contributed by atoms with E-state index in [4.69, 9.17) is 18.1 Å². The average Bonchev–Trinajstić information content (AvgIpc) is 3.89. The van der Waals surface area contributed by atoms with Crippen molar-refractivity contribution in [2.24, 2.45) is 0 Å². The van der Waals surface area contributed by atoms with Crippen molar-refractivity contribution in [3.63, 3.8) is 0 Å². The summed E-state index contributed by atoms with van der Waals surface area (Å²) in [5.41, 5.74) is 3.85. The Morgan fingerprint density at radius 3 is 1.12 bits per heavy atom. The van der Waals surface area contributed by atoms with Gasteiger partial charge in [-0.05, 0) is 82.2 Å². The van der Waals surface area contributed by atoms with Crippen LogP contribution in [0.3, 0.4) is 0 Å². The topological polar surface area (TPSA) is 46.8 Å². The number of aromatic nitrogens is 2. The molecule has 2 atom stereocenters. The van der Waals surface area contributed by atoms with Crippen molar-refractivity contribution < 1.29 is 18.1 Å². The molecule has 2 heterocycles. The summed E-state index contributed by atoms with van der Waals surface area (Å²) in [6.45, 7) is 0. The molecular weight excluding hydrogens is 730 g/mol. The normalized spacial score (nSPS) is 12.5. The van der Waals surface area contributed by atoms with E-state index < -0.39 is 17.1 Å². The van der Waals surface area contributed by atoms with Gasteiger partial charge in [0.2, 0.25) is 0 Å². The molecule has 0 bridgehead atoms. The number of hydrogen-bond acceptors (Lipinski definition) is 4. The van der Waals surface area contributed by atoms with Crippen LogP contribution in [0.25, 0.3) is 54.5 Å². The van der Waals surface area contributed by atoms with Crippen molar-refractivity contribution in [2.75, 3.05) is 0 Å². The van der Waals surface area contributed by atoms with Crippen molar-refractivity contribution in [3.05, 3.63) is 207 Å². The van der Waals surface area contributed by atoms with E-state index in [0.717, 1.165) is 66.0 Å². The molecule has 10 aromatic rings. The first kappa shape index (κ1) is 33.9. The van der Waals surface area contributed by atoms with Crippen LogP contribution in [0.1, 0.15) is 0 Å². The first-order valence-electron chi connectivity index (χ1n) is 18.4. The molecule has 0 radical (unpaired) electrons. The molecule has 6 nitrogen and oxygen atoms in total. The maximum Gasteiger partial charge on any atom is 0.421 e. The lowest BCUT2D eigenvalue weighted by Gasteiger charge is -2.25. The molecular formula is C48H34N2O4P2. The van der Waals surface area contributed by atoms with Gasteiger partial charge in [-0.2, -0.15) is 0 Å². The van der Waals surface area contributed by atoms with E-state index in [1.54, 1.807) is 0 Å². The van der Waals surface area contributed by atoms with Crippen LogP contribution < -0.4 is 18.1 Å². The second-order valence-corrected chi connectivity index (χ2v) is 15.8. The number of fused-ring (bicyclic) bond motifs is 4. The van der Waals surface area contributed by atoms with Gasteiger partial charge in [0.15, 0.2) is 0 Å². The number of nitrogens with zero attached hydrogens (tertiary/aromatic N) is 2. The van der Waals surface area contributed by atoms with Crippen molar-refractivity contribution >= 4 is 60.4 Å². The van der Waals surface area contributed by atoms with Gasteiger partial charge in [-0.1, -0.05) is 133 Å². The quantitative estimate of drug-likeness (QED) is 0.123. The lowest BCUT2D eigenvalue weighted by molar-refractivity contribution is 0.477. The van der Waals surface area contributed by atoms with Crippen LogP contribution in [-0.2, 0) is 0 Å². The summed E-state index contributed by atoms with van der Waals surface area (Å²) in [6.07, 6.45) is 4.09. The number of hydrogen-bond donors (Lipinski definition) is 0. The summed E-state index contributed by atoms with van der Waals surface area (Å²) in [7, 11) is -3.47. The first-order chi connectivity index (χ1) is 27.8. The smallest absolute Gasteiger partial charge is 0.421 e. The van der Waals surface area contributed by atoms with Gasteiger partial charge in [0, 0.05) is 34.3 Å². The van der Waals surface area contributed by atoms with Crippen LogP contribution in [0, 0.1) is 0 Å². The van der Waals surface area contributed by atoms with Gasteiger partial charge in [0.1, 0.15) is 23.0 Å². The predicted molar refractivity (Wildman–Crippen MR) is 231 cm³/mol. The molecule has 2 unspecified atom stereocenters. The van der Waals surface area contributed by atoms with Crippen LogP contribution in [0.5, 0.6) is 23.0 Å². The second kappa shape index (κ2) is 14.9. The highest BCUT2D eigenvalue weighted by atomic mass is 31.2. The van der Waals surface area contributed by atoms with Gasteiger partial charge >= 0.3 is 17.1 Å². The molecule has 0 saturated carbocycles. The molecule has 56 heavy (non-hydrogen) atoms. The highest BCUT2D eigenvalue weighted by Crippen LogP contribution is 2.54. The Bertz CT molecular complexity index is 2760. The Labute approximate surface area is 326 Å². The largest absolute Gasteiger partial charge is 0.423 e. The fourth-order valence-corrected chi connectivity index (χ4v) is 9.86. The van der Waals surface area contributed by atoms with Crippen molar-refractivity contribution in [1.29, 1.82) is 0 Å². The van der Waals surface area contributed by atoms with Crippen molar-refractivity contribution in [1.82, 2.24) is 8.68 Å². The van der Waals surface area contributed by atoms with E-state index in [2.05, 4.69) is 118 Å². The summed E-state index contributed by atoms with van der Waals surface area (Å²) in [4.78, 5) is 0. The predicted octanol–water partition coefficient (Wildman–Crippen LogP) is 14.0. The van der Waals surface area contributed by atoms with Crippen LogP contribution in [0.15, 0.2) is 207 Å². The Kier molecular flexibility index (Phi) is 9.05. The van der Waals surface area contributed by atoms with E-state index in [1.165, 1.54) is 0 Å². The summed E-state index contributed by atoms with van der Waals surface area (Å²) < 4.78 is 32.2. The summed E-state index contributed by atoms with van der Waals surface area (Å²) in [5.74, 6) is 2.78. The molecule has 0 amide bonds. The summed E-state index contributed by atoms with van der Waals surface area (Å²) in [5, 5.41) is 6.41. The number of rotatable bonds is 11. The monoisotopic (exact) mass is 764 g/mol. The Morgan fingerprint density at radius 2 is 0.679 bits per heavy atom. The van der Waals surface area contributed by atoms with Gasteiger partial charge in [0.05, 0.1) is 11.0 Å². The molecule has 0 N–H and O–H groups in total. The molecule has 2 aromatic heterocycles. The zero-order chi connectivity index (χ0) is 37.3. The van der Waals surface area contributed by atoms with Crippen LogP contribution >= 0.6 is 17.1 Å². The Hall–Kier alpha value is -6.58. The fraction of sp³-hybridized carbons (Fsp3) is 0. The van der Waals surface area contributed by atoms with Crippen molar-refractivity contribution in [3.8, 4) is 34.1 Å². The highest BCUT2D eigenvalue weighted by molar-refractivity contribution is 7.47. The third-order valence-corrected chi connectivity index (χ3v) is 12.6. The molecule has 8 aromatic carbocycles. The highest BCUT2D eigenvalue weighted by Gasteiger charge is 2.28. The summed E-state index contributed by atoms with van der Waals surface area (Å²) in [6, 6.07) is 65.7. The van der Waals surface area contributed by atoms with E-state index in [9.17, 15) is 0 Å². The van der Waals surface area contributed by atoms with Gasteiger partial charge in [-0.3, -0.25) is 8.68 Å². The molecule has 0 aliphatic heterocycles. The van der Waals surface area contributed by atoms with E-state index in [-0.39, 0.29) is 0 Å². The maximum absolute atomic E-state index is 7.22. The third kappa shape index (κ3) is 6.50. The van der Waals surface area contributed by atoms with Gasteiger partial charge in [-0.15, -0.1) is 0 Å². The second-order valence-electron chi connectivity index (χ2n) is 13.2. The standard InChI is InChI=1S/C48H34N2O4P2/c1-3-19-39(20-4-1)51-55(49-33-31-37-17-9-13-25-43(37)49)53-45-29-27-35-15-7-11-23-41(35)47(45)48-42-24-12-8-16-36(42)28-30-46(48)54-56(52-40-21-5-2-6-22-40)50-34-32-38-18-10-14-26-44(38)50/h1-34H. The van der Waals surface area contributed by atoms with E-state index in [1.807, 2.05) is 97.3 Å². The zero-order valence-electron chi connectivity index (χ0n) is 30.1. The number of benzene rings is 8. The third-order valence-electron chi connectivity index (χ3n) is 9.75. The van der Waals surface area contributed by atoms with Gasteiger partial charge in [-0.25, -0.2) is 0 Å². The molecule has 0 saturated heterocycles. The first-order valence-corrected chi connectivity index (χ1v) is 20.6. The van der Waals surface area contributed by atoms with Crippen LogP contribution in [0.2, 0.25) is 0 Å².